The van der Waals surface area contributed by atoms with E-state index in [4.69, 9.17) is 5.11 Å². The van der Waals surface area contributed by atoms with E-state index in [2.05, 4.69) is 21.9 Å². The summed E-state index contributed by atoms with van der Waals surface area (Å²) in [6, 6.07) is 5.81. The molecule has 0 aliphatic rings. The number of carbonyl (C=O) groups is 1. The van der Waals surface area contributed by atoms with E-state index in [0.29, 0.717) is 5.56 Å². The first-order chi connectivity index (χ1) is 8.99. The van der Waals surface area contributed by atoms with Crippen molar-refractivity contribution in [1.82, 2.24) is 10.0 Å². The fourth-order valence-corrected chi connectivity index (χ4v) is 2.17. The first kappa shape index (κ1) is 15.2. The standard InChI is InChI=1S/C12H14N2O4S/c1-13-12(16)9-14-19(17,18)11-6-4-10(5-7-11)3-2-8-15/h4-7,14-15H,8-9H2,1H3,(H,13,16). The molecule has 0 spiro atoms. The van der Waals surface area contributed by atoms with Crippen LogP contribution >= 0.6 is 0 Å². The minimum Gasteiger partial charge on any atom is -0.384 e. The number of aliphatic hydroxyl groups excluding tert-OH is 1. The molecule has 1 aromatic carbocycles. The Kier molecular flexibility index (Phi) is 5.51. The van der Waals surface area contributed by atoms with Gasteiger partial charge in [-0.25, -0.2) is 13.1 Å². The number of likely N-dealkylation sites (N-methyl/N-ethyl adjacent to an activating group) is 1. The molecule has 0 unspecified atom stereocenters. The smallest absolute Gasteiger partial charge is 0.241 e. The maximum Gasteiger partial charge on any atom is 0.241 e. The quantitative estimate of drug-likeness (QED) is 0.621. The van der Waals surface area contributed by atoms with Crippen LogP contribution in [0.1, 0.15) is 5.56 Å². The van der Waals surface area contributed by atoms with Crippen molar-refractivity contribution in [2.24, 2.45) is 0 Å². The van der Waals surface area contributed by atoms with Gasteiger partial charge in [0.2, 0.25) is 15.9 Å². The normalized spacial score (nSPS) is 10.4. The third-order valence-electron chi connectivity index (χ3n) is 2.18. The summed E-state index contributed by atoms with van der Waals surface area (Å²) in [6.45, 7) is -0.571. The van der Waals surface area contributed by atoms with Gasteiger partial charge < -0.3 is 10.4 Å². The van der Waals surface area contributed by atoms with Gasteiger partial charge in [0.05, 0.1) is 11.4 Å². The highest BCUT2D eigenvalue weighted by Gasteiger charge is 2.14. The predicted molar refractivity (Wildman–Crippen MR) is 69.7 cm³/mol. The molecule has 6 nitrogen and oxygen atoms in total. The Morgan fingerprint density at radius 1 is 1.32 bits per heavy atom. The topological polar surface area (TPSA) is 95.5 Å². The van der Waals surface area contributed by atoms with E-state index in [9.17, 15) is 13.2 Å². The summed E-state index contributed by atoms with van der Waals surface area (Å²) < 4.78 is 25.8. The molecule has 7 heteroatoms. The molecule has 102 valence electrons. The van der Waals surface area contributed by atoms with Gasteiger partial charge in [-0.2, -0.15) is 0 Å². The minimum absolute atomic E-state index is 0.0472. The van der Waals surface area contributed by atoms with Crippen LogP contribution in [0.25, 0.3) is 0 Å². The molecule has 1 aromatic rings. The van der Waals surface area contributed by atoms with Crippen LogP contribution < -0.4 is 10.0 Å². The largest absolute Gasteiger partial charge is 0.384 e. The van der Waals surface area contributed by atoms with Crippen LogP contribution in [0.2, 0.25) is 0 Å². The Balaban J connectivity index is 2.82. The van der Waals surface area contributed by atoms with Crippen molar-refractivity contribution < 1.29 is 18.3 Å². The highest BCUT2D eigenvalue weighted by Crippen LogP contribution is 2.09. The monoisotopic (exact) mass is 282 g/mol. The third-order valence-corrected chi connectivity index (χ3v) is 3.60. The number of hydrogen-bond donors (Lipinski definition) is 3. The van der Waals surface area contributed by atoms with E-state index in [1.54, 1.807) is 0 Å². The number of carbonyl (C=O) groups excluding carboxylic acids is 1. The molecular weight excluding hydrogens is 268 g/mol. The zero-order valence-corrected chi connectivity index (χ0v) is 11.1. The van der Waals surface area contributed by atoms with Gasteiger partial charge in [-0.15, -0.1) is 0 Å². The molecule has 0 radical (unpaired) electrons. The second-order valence-electron chi connectivity index (χ2n) is 3.48. The van der Waals surface area contributed by atoms with E-state index in [1.807, 2.05) is 0 Å². The van der Waals surface area contributed by atoms with E-state index < -0.39 is 15.9 Å². The molecule has 19 heavy (non-hydrogen) atoms. The van der Waals surface area contributed by atoms with Crippen molar-refractivity contribution in [2.75, 3.05) is 20.2 Å². The summed E-state index contributed by atoms with van der Waals surface area (Å²) in [6.07, 6.45) is 0. The van der Waals surface area contributed by atoms with Crippen molar-refractivity contribution in [3.05, 3.63) is 29.8 Å². The summed E-state index contributed by atoms with van der Waals surface area (Å²) >= 11 is 0. The minimum atomic E-state index is -3.71. The summed E-state index contributed by atoms with van der Waals surface area (Å²) in [5, 5.41) is 10.9. The molecule has 0 saturated heterocycles. The molecule has 0 aliphatic carbocycles. The molecule has 0 bridgehead atoms. The zero-order valence-electron chi connectivity index (χ0n) is 10.3. The maximum absolute atomic E-state index is 11.8. The zero-order chi connectivity index (χ0) is 14.3. The van der Waals surface area contributed by atoms with Crippen molar-refractivity contribution in [2.45, 2.75) is 4.90 Å². The molecule has 0 heterocycles. The fourth-order valence-electron chi connectivity index (χ4n) is 1.19. The van der Waals surface area contributed by atoms with Crippen LogP contribution in [0.5, 0.6) is 0 Å². The Morgan fingerprint density at radius 3 is 2.47 bits per heavy atom. The van der Waals surface area contributed by atoms with E-state index in [-0.39, 0.29) is 18.0 Å². The van der Waals surface area contributed by atoms with Crippen molar-refractivity contribution in [1.29, 1.82) is 0 Å². The second kappa shape index (κ2) is 6.89. The highest BCUT2D eigenvalue weighted by atomic mass is 32.2. The van der Waals surface area contributed by atoms with Crippen molar-refractivity contribution in [3.8, 4) is 11.8 Å². The van der Waals surface area contributed by atoms with E-state index in [1.165, 1.54) is 31.3 Å². The van der Waals surface area contributed by atoms with Crippen LogP contribution in [-0.4, -0.2) is 39.6 Å². The molecule has 0 fully saturated rings. The number of aliphatic hydroxyl groups is 1. The molecule has 1 amide bonds. The highest BCUT2D eigenvalue weighted by molar-refractivity contribution is 7.89. The third kappa shape index (κ3) is 4.71. The van der Waals surface area contributed by atoms with E-state index >= 15 is 0 Å². The Morgan fingerprint density at radius 2 is 1.95 bits per heavy atom. The van der Waals surface area contributed by atoms with Gasteiger partial charge in [0.1, 0.15) is 6.61 Å². The van der Waals surface area contributed by atoms with Crippen LogP contribution in [-0.2, 0) is 14.8 Å². The van der Waals surface area contributed by atoms with Crippen LogP contribution in [0.3, 0.4) is 0 Å². The predicted octanol–water partition coefficient (Wildman–Crippen LogP) is -0.945. The van der Waals surface area contributed by atoms with Gasteiger partial charge in [-0.3, -0.25) is 4.79 Å². The number of rotatable bonds is 4. The number of nitrogens with one attached hydrogen (secondary N) is 2. The van der Waals surface area contributed by atoms with Gasteiger partial charge in [0, 0.05) is 12.6 Å². The van der Waals surface area contributed by atoms with E-state index in [0.717, 1.165) is 0 Å². The molecule has 0 atom stereocenters. The first-order valence-electron chi connectivity index (χ1n) is 5.39. The molecule has 0 saturated carbocycles. The van der Waals surface area contributed by atoms with Crippen LogP contribution in [0.15, 0.2) is 29.2 Å². The average molecular weight is 282 g/mol. The Labute approximate surface area is 111 Å². The molecule has 0 aromatic heterocycles. The maximum atomic E-state index is 11.8. The lowest BCUT2D eigenvalue weighted by molar-refractivity contribution is -0.119. The first-order valence-corrected chi connectivity index (χ1v) is 6.88. The number of hydrogen-bond acceptors (Lipinski definition) is 4. The number of benzene rings is 1. The number of sulfonamides is 1. The van der Waals surface area contributed by atoms with Gasteiger partial charge in [-0.05, 0) is 24.3 Å². The molecule has 3 N–H and O–H groups in total. The van der Waals surface area contributed by atoms with Crippen molar-refractivity contribution >= 4 is 15.9 Å². The SMILES string of the molecule is CNC(=O)CNS(=O)(=O)c1ccc(C#CCO)cc1. The van der Waals surface area contributed by atoms with Gasteiger partial charge >= 0.3 is 0 Å². The lowest BCUT2D eigenvalue weighted by Gasteiger charge is -2.05. The van der Waals surface area contributed by atoms with Gasteiger partial charge in [-0.1, -0.05) is 11.8 Å². The summed E-state index contributed by atoms with van der Waals surface area (Å²) in [5.41, 5.74) is 0.597. The second-order valence-corrected chi connectivity index (χ2v) is 5.25. The fraction of sp³-hybridized carbons (Fsp3) is 0.250. The lowest BCUT2D eigenvalue weighted by atomic mass is 10.2. The Hall–Kier alpha value is -1.88. The Bertz CT molecular complexity index is 597. The molecule has 0 aliphatic heterocycles. The molecular formula is C12H14N2O4S. The average Bonchev–Trinajstić information content (AvgIpc) is 2.43. The summed E-state index contributed by atoms with van der Waals surface area (Å²) in [5.74, 6) is 4.69. The lowest BCUT2D eigenvalue weighted by Crippen LogP contribution is -2.35. The van der Waals surface area contributed by atoms with Crippen LogP contribution in [0, 0.1) is 11.8 Å². The number of amides is 1. The molecule has 1 rings (SSSR count). The van der Waals surface area contributed by atoms with Crippen molar-refractivity contribution in [3.63, 3.8) is 0 Å². The summed E-state index contributed by atoms with van der Waals surface area (Å²) in [7, 11) is -2.29. The van der Waals surface area contributed by atoms with Crippen LogP contribution in [0.4, 0.5) is 0 Å². The van der Waals surface area contributed by atoms with Gasteiger partial charge in [0.15, 0.2) is 0 Å². The van der Waals surface area contributed by atoms with Gasteiger partial charge in [0.25, 0.3) is 0 Å². The summed E-state index contributed by atoms with van der Waals surface area (Å²) in [4.78, 5) is 11.0.